The number of esters is 3. The van der Waals surface area contributed by atoms with Gasteiger partial charge in [0, 0.05) is 19.3 Å². The Hall–Kier alpha value is -1.85. The van der Waals surface area contributed by atoms with E-state index in [0.717, 1.165) is 57.8 Å². The highest BCUT2D eigenvalue weighted by Crippen LogP contribution is 2.18. The van der Waals surface area contributed by atoms with Gasteiger partial charge in [-0.3, -0.25) is 14.4 Å². The van der Waals surface area contributed by atoms with Gasteiger partial charge in [-0.2, -0.15) is 0 Å². The molecule has 0 spiro atoms. The van der Waals surface area contributed by atoms with Gasteiger partial charge in [-0.05, 0) is 44.9 Å². The van der Waals surface area contributed by atoms with Gasteiger partial charge in [-0.1, -0.05) is 296 Å². The summed E-state index contributed by atoms with van der Waals surface area (Å²) in [5.41, 5.74) is 0. The zero-order valence-electron chi connectivity index (χ0n) is 46.2. The summed E-state index contributed by atoms with van der Waals surface area (Å²) in [6.07, 6.45) is 67.1. The van der Waals surface area contributed by atoms with Crippen molar-refractivity contribution >= 4 is 17.9 Å². The topological polar surface area (TPSA) is 78.9 Å². The zero-order valence-corrected chi connectivity index (χ0v) is 46.2. The molecule has 0 heterocycles. The summed E-state index contributed by atoms with van der Waals surface area (Å²) in [5.74, 6) is -0.855. The van der Waals surface area contributed by atoms with E-state index in [9.17, 15) is 14.4 Å². The van der Waals surface area contributed by atoms with Crippen molar-refractivity contribution in [2.24, 2.45) is 0 Å². The molecule has 0 saturated heterocycles. The maximum absolute atomic E-state index is 12.7. The molecule has 6 heteroatoms. The molecule has 0 aromatic heterocycles. The number of allylic oxidation sites excluding steroid dienone is 2. The summed E-state index contributed by atoms with van der Waals surface area (Å²) in [4.78, 5) is 37.8. The molecule has 0 aromatic carbocycles. The third-order valence-electron chi connectivity index (χ3n) is 14.0. The third-order valence-corrected chi connectivity index (χ3v) is 14.0. The molecule has 6 nitrogen and oxygen atoms in total. The van der Waals surface area contributed by atoms with E-state index in [1.54, 1.807) is 0 Å². The molecule has 0 saturated carbocycles. The number of ether oxygens (including phenoxy) is 3. The highest BCUT2D eigenvalue weighted by atomic mass is 16.6. The molecule has 0 radical (unpaired) electrons. The second kappa shape index (κ2) is 57.7. The van der Waals surface area contributed by atoms with Crippen molar-refractivity contribution in [2.75, 3.05) is 13.2 Å². The molecule has 0 aliphatic rings. The van der Waals surface area contributed by atoms with Gasteiger partial charge >= 0.3 is 17.9 Å². The molecular formula is C62H118O6. The lowest BCUT2D eigenvalue weighted by atomic mass is 10.0. The molecule has 0 aliphatic carbocycles. The second-order valence-corrected chi connectivity index (χ2v) is 21.0. The fourth-order valence-electron chi connectivity index (χ4n) is 9.38. The van der Waals surface area contributed by atoms with Crippen LogP contribution in [0.15, 0.2) is 12.2 Å². The summed E-state index contributed by atoms with van der Waals surface area (Å²) in [5, 5.41) is 0. The van der Waals surface area contributed by atoms with E-state index in [2.05, 4.69) is 32.9 Å². The maximum atomic E-state index is 12.7. The first-order valence-corrected chi connectivity index (χ1v) is 30.7. The zero-order chi connectivity index (χ0) is 49.3. The van der Waals surface area contributed by atoms with E-state index >= 15 is 0 Å². The number of unbranched alkanes of at least 4 members (excludes halogenated alkanes) is 44. The van der Waals surface area contributed by atoms with Crippen molar-refractivity contribution < 1.29 is 28.6 Å². The number of rotatable bonds is 57. The van der Waals surface area contributed by atoms with Crippen molar-refractivity contribution in [2.45, 2.75) is 354 Å². The van der Waals surface area contributed by atoms with Gasteiger partial charge in [0.15, 0.2) is 6.10 Å². The Labute approximate surface area is 424 Å². The standard InChI is InChI=1S/C62H118O6/c1-4-7-10-13-16-18-20-21-22-23-24-25-26-27-28-29-30-31-32-33-34-35-36-37-38-39-40-41-43-44-46-49-52-55-61(64)67-58-59(57-66-60(63)54-51-48-15-12-9-6-3)68-62(65)56-53-50-47-45-42-19-17-14-11-8-5-2/h23-24,59H,4-22,25-58H2,1-3H3/b24-23-. The van der Waals surface area contributed by atoms with Crippen LogP contribution in [-0.4, -0.2) is 37.2 Å². The van der Waals surface area contributed by atoms with Crippen molar-refractivity contribution in [3.05, 3.63) is 12.2 Å². The summed E-state index contributed by atoms with van der Waals surface area (Å²) in [6.45, 7) is 6.62. The van der Waals surface area contributed by atoms with E-state index in [1.807, 2.05) is 0 Å². The van der Waals surface area contributed by atoms with Crippen LogP contribution >= 0.6 is 0 Å². The van der Waals surface area contributed by atoms with Crippen LogP contribution in [0.3, 0.4) is 0 Å². The van der Waals surface area contributed by atoms with E-state index in [4.69, 9.17) is 14.2 Å². The predicted octanol–water partition coefficient (Wildman–Crippen LogP) is 20.5. The molecule has 0 aliphatic heterocycles. The molecule has 0 fully saturated rings. The second-order valence-electron chi connectivity index (χ2n) is 21.0. The van der Waals surface area contributed by atoms with E-state index in [1.165, 1.54) is 250 Å². The summed E-state index contributed by atoms with van der Waals surface area (Å²) >= 11 is 0. The van der Waals surface area contributed by atoms with E-state index < -0.39 is 6.10 Å². The van der Waals surface area contributed by atoms with Crippen LogP contribution in [0, 0.1) is 0 Å². The van der Waals surface area contributed by atoms with Gasteiger partial charge in [-0.15, -0.1) is 0 Å². The normalized spacial score (nSPS) is 12.0. The molecule has 0 rings (SSSR count). The minimum absolute atomic E-state index is 0.0640. The quantitative estimate of drug-likeness (QED) is 0.0262. The minimum Gasteiger partial charge on any atom is -0.462 e. The Kier molecular flexibility index (Phi) is 56.2. The summed E-state index contributed by atoms with van der Waals surface area (Å²) in [7, 11) is 0. The highest BCUT2D eigenvalue weighted by molar-refractivity contribution is 5.71. The van der Waals surface area contributed by atoms with Gasteiger partial charge in [0.25, 0.3) is 0 Å². The molecule has 0 aromatic rings. The Balaban J connectivity index is 3.84. The van der Waals surface area contributed by atoms with Gasteiger partial charge in [0.2, 0.25) is 0 Å². The van der Waals surface area contributed by atoms with Crippen LogP contribution in [0.2, 0.25) is 0 Å². The molecule has 68 heavy (non-hydrogen) atoms. The number of hydrogen-bond donors (Lipinski definition) is 0. The lowest BCUT2D eigenvalue weighted by molar-refractivity contribution is -0.167. The highest BCUT2D eigenvalue weighted by Gasteiger charge is 2.19. The molecule has 0 bridgehead atoms. The number of carbonyl (C=O) groups is 3. The van der Waals surface area contributed by atoms with Gasteiger partial charge in [0.1, 0.15) is 13.2 Å². The first-order valence-electron chi connectivity index (χ1n) is 30.7. The molecular weight excluding hydrogens is 841 g/mol. The minimum atomic E-state index is -0.760. The summed E-state index contributed by atoms with van der Waals surface area (Å²) in [6, 6.07) is 0. The number of carbonyl (C=O) groups excluding carboxylic acids is 3. The van der Waals surface area contributed by atoms with E-state index in [0.29, 0.717) is 19.3 Å². The number of hydrogen-bond acceptors (Lipinski definition) is 6. The Morgan fingerprint density at radius 2 is 0.485 bits per heavy atom. The molecule has 402 valence electrons. The van der Waals surface area contributed by atoms with Crippen LogP contribution in [0.1, 0.15) is 348 Å². The largest absolute Gasteiger partial charge is 0.462 e. The average Bonchev–Trinajstić information content (AvgIpc) is 3.34. The smallest absolute Gasteiger partial charge is 0.306 e. The van der Waals surface area contributed by atoms with Gasteiger partial charge in [-0.25, -0.2) is 0 Å². The van der Waals surface area contributed by atoms with Crippen LogP contribution < -0.4 is 0 Å². The lowest BCUT2D eigenvalue weighted by Crippen LogP contribution is -2.30. The predicted molar refractivity (Wildman–Crippen MR) is 293 cm³/mol. The molecule has 0 N–H and O–H groups in total. The van der Waals surface area contributed by atoms with Crippen molar-refractivity contribution in [3.63, 3.8) is 0 Å². The Bertz CT molecular complexity index is 1060. The molecule has 0 amide bonds. The van der Waals surface area contributed by atoms with Gasteiger partial charge < -0.3 is 14.2 Å². The SMILES string of the molecule is CCCCCCCCCC/C=C\CCCCCCCCCCCCCCCCCCCCCCCC(=O)OCC(COC(=O)CCCCCCCC)OC(=O)CCCCCCCCCCCCC. The van der Waals surface area contributed by atoms with Crippen molar-refractivity contribution in [1.29, 1.82) is 0 Å². The van der Waals surface area contributed by atoms with Crippen LogP contribution in [-0.2, 0) is 28.6 Å². The van der Waals surface area contributed by atoms with Crippen LogP contribution in [0.4, 0.5) is 0 Å². The van der Waals surface area contributed by atoms with Gasteiger partial charge in [0.05, 0.1) is 0 Å². The monoisotopic (exact) mass is 959 g/mol. The van der Waals surface area contributed by atoms with Crippen molar-refractivity contribution in [3.8, 4) is 0 Å². The Morgan fingerprint density at radius 3 is 0.735 bits per heavy atom. The van der Waals surface area contributed by atoms with Crippen LogP contribution in [0.25, 0.3) is 0 Å². The average molecular weight is 960 g/mol. The lowest BCUT2D eigenvalue weighted by Gasteiger charge is -2.18. The fraction of sp³-hybridized carbons (Fsp3) is 0.919. The maximum Gasteiger partial charge on any atom is 0.306 e. The molecule has 1 unspecified atom stereocenters. The van der Waals surface area contributed by atoms with Crippen molar-refractivity contribution in [1.82, 2.24) is 0 Å². The fourth-order valence-corrected chi connectivity index (χ4v) is 9.38. The first-order chi connectivity index (χ1) is 33.5. The Morgan fingerprint density at radius 1 is 0.279 bits per heavy atom. The van der Waals surface area contributed by atoms with Crippen LogP contribution in [0.5, 0.6) is 0 Å². The third kappa shape index (κ3) is 55.1. The summed E-state index contributed by atoms with van der Waals surface area (Å²) < 4.78 is 16.7. The van der Waals surface area contributed by atoms with E-state index in [-0.39, 0.29) is 31.1 Å². The molecule has 1 atom stereocenters. The first kappa shape index (κ1) is 66.2.